The van der Waals surface area contributed by atoms with Crippen molar-refractivity contribution < 1.29 is 4.74 Å². The van der Waals surface area contributed by atoms with E-state index < -0.39 is 0 Å². The molecule has 2 fully saturated rings. The van der Waals surface area contributed by atoms with Crippen LogP contribution in [0.15, 0.2) is 0 Å². The summed E-state index contributed by atoms with van der Waals surface area (Å²) >= 11 is 0. The van der Waals surface area contributed by atoms with Gasteiger partial charge in [-0.15, -0.1) is 0 Å². The van der Waals surface area contributed by atoms with Gasteiger partial charge in [-0.1, -0.05) is 0 Å². The van der Waals surface area contributed by atoms with Gasteiger partial charge in [-0.25, -0.2) is 0 Å². The van der Waals surface area contributed by atoms with E-state index >= 15 is 0 Å². The minimum absolute atomic E-state index is 0.513. The Morgan fingerprint density at radius 1 is 1.40 bits per heavy atom. The van der Waals surface area contributed by atoms with E-state index in [9.17, 15) is 0 Å². The van der Waals surface area contributed by atoms with Crippen LogP contribution in [0.4, 0.5) is 0 Å². The molecule has 1 atom stereocenters. The van der Waals surface area contributed by atoms with Gasteiger partial charge in [0.05, 0.1) is 6.10 Å². The maximum absolute atomic E-state index is 5.27. The van der Waals surface area contributed by atoms with E-state index in [1.54, 1.807) is 0 Å². The van der Waals surface area contributed by atoms with Gasteiger partial charge >= 0.3 is 0 Å². The summed E-state index contributed by atoms with van der Waals surface area (Å²) in [5.74, 6) is 0. The Bertz CT molecular complexity index is 200. The van der Waals surface area contributed by atoms with Crippen molar-refractivity contribution in [1.29, 1.82) is 0 Å². The molecule has 0 aromatic heterocycles. The second-order valence-electron chi connectivity index (χ2n) is 5.18. The van der Waals surface area contributed by atoms with Crippen molar-refractivity contribution in [2.24, 2.45) is 0 Å². The number of rotatable bonds is 6. The average molecular weight is 212 g/mol. The molecular formula is C12H24N2O. The smallest absolute Gasteiger partial charge is 0.0601 e. The Morgan fingerprint density at radius 2 is 2.07 bits per heavy atom. The van der Waals surface area contributed by atoms with Gasteiger partial charge in [-0.2, -0.15) is 0 Å². The Kier molecular flexibility index (Phi) is 3.65. The van der Waals surface area contributed by atoms with Gasteiger partial charge in [0.2, 0.25) is 0 Å². The van der Waals surface area contributed by atoms with Crippen LogP contribution >= 0.6 is 0 Å². The molecule has 0 bridgehead atoms. The van der Waals surface area contributed by atoms with Crippen LogP contribution in [0, 0.1) is 0 Å². The summed E-state index contributed by atoms with van der Waals surface area (Å²) in [6, 6.07) is 2.24. The fraction of sp³-hybridized carbons (Fsp3) is 1.00. The molecule has 1 unspecified atom stereocenters. The molecule has 0 aromatic rings. The van der Waals surface area contributed by atoms with E-state index in [-0.39, 0.29) is 0 Å². The number of nitrogens with one attached hydrogen (secondary N) is 1. The van der Waals surface area contributed by atoms with Crippen molar-refractivity contribution in [2.75, 3.05) is 20.7 Å². The van der Waals surface area contributed by atoms with Crippen LogP contribution in [0.1, 0.15) is 32.6 Å². The number of hydrogen-bond donors (Lipinski definition) is 1. The van der Waals surface area contributed by atoms with Crippen LogP contribution in [-0.4, -0.2) is 49.8 Å². The van der Waals surface area contributed by atoms with Crippen molar-refractivity contribution in [3.63, 3.8) is 0 Å². The Morgan fingerprint density at radius 3 is 2.60 bits per heavy atom. The SMILES string of the molecule is COC1CC(NCC(C)N(C)C2CC2)C1. The maximum Gasteiger partial charge on any atom is 0.0601 e. The fourth-order valence-electron chi connectivity index (χ4n) is 2.25. The summed E-state index contributed by atoms with van der Waals surface area (Å²) in [6.45, 7) is 3.44. The summed E-state index contributed by atoms with van der Waals surface area (Å²) in [5, 5.41) is 3.63. The lowest BCUT2D eigenvalue weighted by molar-refractivity contribution is 0.0158. The molecule has 3 nitrogen and oxygen atoms in total. The highest BCUT2D eigenvalue weighted by Gasteiger charge is 2.31. The first-order valence-electron chi connectivity index (χ1n) is 6.18. The van der Waals surface area contributed by atoms with Crippen LogP contribution in [0.25, 0.3) is 0 Å². The average Bonchev–Trinajstić information content (AvgIpc) is 2.97. The molecular weight excluding hydrogens is 188 g/mol. The zero-order valence-corrected chi connectivity index (χ0v) is 10.2. The van der Waals surface area contributed by atoms with Crippen molar-refractivity contribution in [1.82, 2.24) is 10.2 Å². The van der Waals surface area contributed by atoms with E-state index in [0.29, 0.717) is 18.2 Å². The maximum atomic E-state index is 5.27. The van der Waals surface area contributed by atoms with Gasteiger partial charge in [-0.05, 0) is 39.7 Å². The van der Waals surface area contributed by atoms with E-state index in [1.807, 2.05) is 7.11 Å². The summed E-state index contributed by atoms with van der Waals surface area (Å²) in [7, 11) is 4.06. The quantitative estimate of drug-likeness (QED) is 0.717. The van der Waals surface area contributed by atoms with Crippen LogP contribution in [0.3, 0.4) is 0 Å². The number of ether oxygens (including phenoxy) is 1. The Labute approximate surface area is 93.2 Å². The first-order valence-corrected chi connectivity index (χ1v) is 6.18. The largest absolute Gasteiger partial charge is 0.381 e. The van der Waals surface area contributed by atoms with Crippen LogP contribution in [0.5, 0.6) is 0 Å². The summed E-state index contributed by atoms with van der Waals surface area (Å²) < 4.78 is 5.27. The minimum Gasteiger partial charge on any atom is -0.381 e. The van der Waals surface area contributed by atoms with E-state index in [2.05, 4.69) is 24.2 Å². The van der Waals surface area contributed by atoms with Crippen molar-refractivity contribution in [2.45, 2.75) is 56.8 Å². The molecule has 15 heavy (non-hydrogen) atoms. The molecule has 3 heteroatoms. The van der Waals surface area contributed by atoms with Gasteiger partial charge in [0.1, 0.15) is 0 Å². The molecule has 2 aliphatic rings. The first kappa shape index (κ1) is 11.4. The number of methoxy groups -OCH3 is 1. The van der Waals surface area contributed by atoms with Crippen LogP contribution in [-0.2, 0) is 4.74 Å². The van der Waals surface area contributed by atoms with Gasteiger partial charge in [0.15, 0.2) is 0 Å². The van der Waals surface area contributed by atoms with Crippen LogP contribution in [0.2, 0.25) is 0 Å². The van der Waals surface area contributed by atoms with Crippen molar-refractivity contribution >= 4 is 0 Å². The minimum atomic E-state index is 0.513. The summed E-state index contributed by atoms with van der Waals surface area (Å²) in [5.41, 5.74) is 0. The molecule has 0 amide bonds. The lowest BCUT2D eigenvalue weighted by Gasteiger charge is -2.36. The third kappa shape index (κ3) is 2.92. The number of nitrogens with zero attached hydrogens (tertiary/aromatic N) is 1. The highest BCUT2D eigenvalue weighted by atomic mass is 16.5. The van der Waals surface area contributed by atoms with Crippen molar-refractivity contribution in [3.8, 4) is 0 Å². The molecule has 88 valence electrons. The standard InChI is InChI=1S/C12H24N2O/c1-9(14(2)11-4-5-11)8-13-10-6-12(7-10)15-3/h9-13H,4-8H2,1-3H3. The Hall–Kier alpha value is -0.120. The van der Waals surface area contributed by atoms with Gasteiger partial charge < -0.3 is 10.1 Å². The van der Waals surface area contributed by atoms with E-state index in [4.69, 9.17) is 4.74 Å². The van der Waals surface area contributed by atoms with Gasteiger partial charge in [-0.3, -0.25) is 4.90 Å². The van der Waals surface area contributed by atoms with Gasteiger partial charge in [0, 0.05) is 31.8 Å². The summed E-state index contributed by atoms with van der Waals surface area (Å²) in [6.07, 6.45) is 5.69. The molecule has 2 aliphatic carbocycles. The second kappa shape index (κ2) is 4.81. The molecule has 0 aliphatic heterocycles. The van der Waals surface area contributed by atoms with Crippen molar-refractivity contribution in [3.05, 3.63) is 0 Å². The molecule has 0 heterocycles. The zero-order chi connectivity index (χ0) is 10.8. The molecule has 2 saturated carbocycles. The van der Waals surface area contributed by atoms with Crippen LogP contribution < -0.4 is 5.32 Å². The third-order valence-electron chi connectivity index (χ3n) is 3.95. The summed E-state index contributed by atoms with van der Waals surface area (Å²) in [4.78, 5) is 2.51. The monoisotopic (exact) mass is 212 g/mol. The predicted octanol–water partition coefficient (Wildman–Crippen LogP) is 1.24. The third-order valence-corrected chi connectivity index (χ3v) is 3.95. The second-order valence-corrected chi connectivity index (χ2v) is 5.18. The topological polar surface area (TPSA) is 24.5 Å². The van der Waals surface area contributed by atoms with E-state index in [1.165, 1.54) is 25.7 Å². The molecule has 0 radical (unpaired) electrons. The lowest BCUT2D eigenvalue weighted by atomic mass is 9.89. The normalized spacial score (nSPS) is 32.8. The zero-order valence-electron chi connectivity index (χ0n) is 10.2. The molecule has 1 N–H and O–H groups in total. The molecule has 2 rings (SSSR count). The first-order chi connectivity index (χ1) is 7.20. The lowest BCUT2D eigenvalue weighted by Crippen LogP contribution is -2.49. The molecule has 0 saturated heterocycles. The molecule has 0 aromatic carbocycles. The number of hydrogen-bond acceptors (Lipinski definition) is 3. The Balaban J connectivity index is 1.57. The highest BCUT2D eigenvalue weighted by Crippen LogP contribution is 2.27. The highest BCUT2D eigenvalue weighted by molar-refractivity contribution is 4.89. The fourth-order valence-corrected chi connectivity index (χ4v) is 2.25. The predicted molar refractivity (Wildman–Crippen MR) is 62.1 cm³/mol. The van der Waals surface area contributed by atoms with E-state index in [0.717, 1.165) is 12.6 Å². The number of likely N-dealkylation sites (N-methyl/N-ethyl adjacent to an activating group) is 1. The molecule has 0 spiro atoms. The van der Waals surface area contributed by atoms with Gasteiger partial charge in [0.25, 0.3) is 0 Å².